The maximum absolute atomic E-state index is 11.4. The number of benzene rings is 1. The number of imidazole rings is 1. The highest BCUT2D eigenvalue weighted by Crippen LogP contribution is 2.28. The standard InChI is InChI=1S/C15H17N3O2/c19-15(20)13-14(11-5-2-1-3-6-11)18(10-17-13)12-7-4-8-16-9-12/h1-3,5-6,10,12,16H,4,7-9H2,(H,19,20). The van der Waals surface area contributed by atoms with Crippen LogP contribution in [-0.2, 0) is 0 Å². The number of carbonyl (C=O) groups is 1. The molecule has 5 heteroatoms. The predicted octanol–water partition coefficient (Wildman–Crippen LogP) is 2.17. The van der Waals surface area contributed by atoms with Crippen molar-refractivity contribution in [3.8, 4) is 11.3 Å². The zero-order chi connectivity index (χ0) is 13.9. The molecule has 1 fully saturated rings. The first kappa shape index (κ1) is 12.9. The van der Waals surface area contributed by atoms with Crippen molar-refractivity contribution < 1.29 is 9.90 Å². The number of carboxylic acid groups (broad SMARTS) is 1. The Morgan fingerprint density at radius 1 is 1.35 bits per heavy atom. The highest BCUT2D eigenvalue weighted by molar-refractivity contribution is 5.93. The zero-order valence-corrected chi connectivity index (χ0v) is 11.1. The number of carboxylic acids is 1. The Hall–Kier alpha value is -2.14. The van der Waals surface area contributed by atoms with E-state index >= 15 is 0 Å². The van der Waals surface area contributed by atoms with Crippen molar-refractivity contribution in [2.45, 2.75) is 18.9 Å². The van der Waals surface area contributed by atoms with E-state index in [2.05, 4.69) is 10.3 Å². The first-order valence-corrected chi connectivity index (χ1v) is 6.83. The molecule has 20 heavy (non-hydrogen) atoms. The molecule has 0 bridgehead atoms. The zero-order valence-electron chi connectivity index (χ0n) is 11.1. The second-order valence-corrected chi connectivity index (χ2v) is 5.02. The van der Waals surface area contributed by atoms with Gasteiger partial charge in [-0.2, -0.15) is 0 Å². The Bertz CT molecular complexity index is 601. The summed E-state index contributed by atoms with van der Waals surface area (Å²) in [6.07, 6.45) is 3.80. The fraction of sp³-hybridized carbons (Fsp3) is 0.333. The minimum atomic E-state index is -0.980. The van der Waals surface area contributed by atoms with Crippen molar-refractivity contribution in [1.29, 1.82) is 0 Å². The maximum Gasteiger partial charge on any atom is 0.356 e. The van der Waals surface area contributed by atoms with Crippen LogP contribution < -0.4 is 5.32 Å². The van der Waals surface area contributed by atoms with Crippen LogP contribution in [0.25, 0.3) is 11.3 Å². The summed E-state index contributed by atoms with van der Waals surface area (Å²) >= 11 is 0. The molecular formula is C15H17N3O2. The second-order valence-electron chi connectivity index (χ2n) is 5.02. The van der Waals surface area contributed by atoms with E-state index in [9.17, 15) is 9.90 Å². The van der Waals surface area contributed by atoms with E-state index in [1.54, 1.807) is 6.33 Å². The molecule has 1 aromatic carbocycles. The van der Waals surface area contributed by atoms with Crippen LogP contribution in [0.3, 0.4) is 0 Å². The molecule has 1 aliphatic rings. The number of hydrogen-bond donors (Lipinski definition) is 2. The number of aromatic carboxylic acids is 1. The van der Waals surface area contributed by atoms with E-state index in [1.165, 1.54) is 0 Å². The van der Waals surface area contributed by atoms with E-state index in [4.69, 9.17) is 0 Å². The number of nitrogens with one attached hydrogen (secondary N) is 1. The molecule has 0 spiro atoms. The van der Waals surface area contributed by atoms with Gasteiger partial charge in [-0.25, -0.2) is 9.78 Å². The lowest BCUT2D eigenvalue weighted by atomic mass is 10.0. The van der Waals surface area contributed by atoms with Crippen molar-refractivity contribution in [1.82, 2.24) is 14.9 Å². The summed E-state index contributed by atoms with van der Waals surface area (Å²) in [5.41, 5.74) is 1.72. The molecule has 1 unspecified atom stereocenters. The number of piperidine rings is 1. The van der Waals surface area contributed by atoms with Crippen LogP contribution in [0.15, 0.2) is 36.7 Å². The normalized spacial score (nSPS) is 18.9. The summed E-state index contributed by atoms with van der Waals surface area (Å²) in [4.78, 5) is 15.5. The fourth-order valence-corrected chi connectivity index (χ4v) is 2.75. The van der Waals surface area contributed by atoms with Crippen LogP contribution in [0.4, 0.5) is 0 Å². The van der Waals surface area contributed by atoms with Gasteiger partial charge in [0, 0.05) is 18.2 Å². The van der Waals surface area contributed by atoms with Crippen molar-refractivity contribution in [2.24, 2.45) is 0 Å². The molecule has 0 radical (unpaired) electrons. The molecule has 0 saturated carbocycles. The fourth-order valence-electron chi connectivity index (χ4n) is 2.75. The van der Waals surface area contributed by atoms with Gasteiger partial charge in [-0.3, -0.25) is 0 Å². The number of hydrogen-bond acceptors (Lipinski definition) is 3. The first-order chi connectivity index (χ1) is 9.77. The molecule has 1 aromatic heterocycles. The van der Waals surface area contributed by atoms with Gasteiger partial charge >= 0.3 is 5.97 Å². The van der Waals surface area contributed by atoms with E-state index in [-0.39, 0.29) is 11.7 Å². The number of nitrogens with zero attached hydrogens (tertiary/aromatic N) is 2. The number of aromatic nitrogens is 2. The molecule has 5 nitrogen and oxygen atoms in total. The molecule has 0 amide bonds. The minimum Gasteiger partial charge on any atom is -0.476 e. The van der Waals surface area contributed by atoms with Crippen molar-refractivity contribution in [2.75, 3.05) is 13.1 Å². The summed E-state index contributed by atoms with van der Waals surface area (Å²) in [6, 6.07) is 9.87. The van der Waals surface area contributed by atoms with Gasteiger partial charge in [0.1, 0.15) is 0 Å². The van der Waals surface area contributed by atoms with Crippen LogP contribution in [0.5, 0.6) is 0 Å². The molecule has 104 valence electrons. The summed E-state index contributed by atoms with van der Waals surface area (Å²) in [5.74, 6) is -0.980. The van der Waals surface area contributed by atoms with Gasteiger partial charge in [0.15, 0.2) is 5.69 Å². The molecule has 0 aliphatic carbocycles. The lowest BCUT2D eigenvalue weighted by molar-refractivity contribution is 0.0692. The van der Waals surface area contributed by atoms with Crippen molar-refractivity contribution in [3.05, 3.63) is 42.4 Å². The molecule has 1 aliphatic heterocycles. The second kappa shape index (κ2) is 5.46. The summed E-state index contributed by atoms with van der Waals surface area (Å²) in [6.45, 7) is 1.88. The topological polar surface area (TPSA) is 67.1 Å². The van der Waals surface area contributed by atoms with Gasteiger partial charge in [0.25, 0.3) is 0 Å². The monoisotopic (exact) mass is 271 g/mol. The van der Waals surface area contributed by atoms with Gasteiger partial charge in [-0.1, -0.05) is 30.3 Å². The Morgan fingerprint density at radius 2 is 2.15 bits per heavy atom. The largest absolute Gasteiger partial charge is 0.476 e. The Labute approximate surface area is 117 Å². The smallest absolute Gasteiger partial charge is 0.356 e. The lowest BCUT2D eigenvalue weighted by Gasteiger charge is -2.25. The molecule has 1 saturated heterocycles. The predicted molar refractivity (Wildman–Crippen MR) is 75.8 cm³/mol. The summed E-state index contributed by atoms with van der Waals surface area (Å²) in [7, 11) is 0. The molecule has 2 aromatic rings. The van der Waals surface area contributed by atoms with Gasteiger partial charge in [-0.15, -0.1) is 0 Å². The van der Waals surface area contributed by atoms with Crippen LogP contribution in [-0.4, -0.2) is 33.7 Å². The average Bonchev–Trinajstić information content (AvgIpc) is 2.94. The van der Waals surface area contributed by atoms with Gasteiger partial charge in [-0.05, 0) is 19.4 Å². The molecule has 1 atom stereocenters. The lowest BCUT2D eigenvalue weighted by Crippen LogP contribution is -2.31. The Morgan fingerprint density at radius 3 is 2.80 bits per heavy atom. The SMILES string of the molecule is O=C(O)c1ncn(C2CCCNC2)c1-c1ccccc1. The Balaban J connectivity index is 2.08. The van der Waals surface area contributed by atoms with Gasteiger partial charge < -0.3 is 15.0 Å². The minimum absolute atomic E-state index is 0.127. The van der Waals surface area contributed by atoms with Crippen LogP contribution >= 0.6 is 0 Å². The van der Waals surface area contributed by atoms with E-state index < -0.39 is 5.97 Å². The maximum atomic E-state index is 11.4. The number of rotatable bonds is 3. The van der Waals surface area contributed by atoms with E-state index in [0.29, 0.717) is 5.69 Å². The third-order valence-electron chi connectivity index (χ3n) is 3.71. The van der Waals surface area contributed by atoms with Crippen LogP contribution in [0, 0.1) is 0 Å². The Kier molecular flexibility index (Phi) is 3.52. The van der Waals surface area contributed by atoms with E-state index in [0.717, 1.165) is 31.5 Å². The van der Waals surface area contributed by atoms with Crippen LogP contribution in [0.2, 0.25) is 0 Å². The van der Waals surface area contributed by atoms with Crippen molar-refractivity contribution >= 4 is 5.97 Å². The molecule has 3 rings (SSSR count). The molecule has 2 heterocycles. The van der Waals surface area contributed by atoms with E-state index in [1.807, 2.05) is 34.9 Å². The first-order valence-electron chi connectivity index (χ1n) is 6.83. The van der Waals surface area contributed by atoms with Gasteiger partial charge in [0.05, 0.1) is 12.0 Å². The molecular weight excluding hydrogens is 254 g/mol. The quantitative estimate of drug-likeness (QED) is 0.898. The van der Waals surface area contributed by atoms with Crippen LogP contribution in [0.1, 0.15) is 29.4 Å². The highest BCUT2D eigenvalue weighted by atomic mass is 16.4. The third kappa shape index (κ3) is 2.32. The highest BCUT2D eigenvalue weighted by Gasteiger charge is 2.24. The summed E-state index contributed by atoms with van der Waals surface area (Å²) < 4.78 is 2.00. The average molecular weight is 271 g/mol. The third-order valence-corrected chi connectivity index (χ3v) is 3.71. The molecule has 2 N–H and O–H groups in total. The van der Waals surface area contributed by atoms with Gasteiger partial charge in [0.2, 0.25) is 0 Å². The van der Waals surface area contributed by atoms with Crippen molar-refractivity contribution in [3.63, 3.8) is 0 Å². The summed E-state index contributed by atoms with van der Waals surface area (Å²) in [5, 5.41) is 12.7.